The summed E-state index contributed by atoms with van der Waals surface area (Å²) < 4.78 is 0. The molecule has 4 heteroatoms. The maximum absolute atomic E-state index is 12.2. The Kier molecular flexibility index (Phi) is 3.80. The minimum absolute atomic E-state index is 0.378. The van der Waals surface area contributed by atoms with Gasteiger partial charge in [-0.15, -0.1) is 6.58 Å². The summed E-state index contributed by atoms with van der Waals surface area (Å²) >= 11 is 0. The number of nitrogens with zero attached hydrogens (tertiary/aromatic N) is 1. The Balaban J connectivity index is 2.33. The number of Topliss-reactive ketones (excluding diaryl/α,β-unsaturated/α-hetero) is 1. The Labute approximate surface area is 111 Å². The molecule has 0 atom stereocenters. The molecule has 0 saturated carbocycles. The summed E-state index contributed by atoms with van der Waals surface area (Å²) in [6.45, 7) is 6.29. The Morgan fingerprint density at radius 3 is 2.79 bits per heavy atom. The molecular weight excluding hydrogens is 240 g/mol. The van der Waals surface area contributed by atoms with E-state index in [1.54, 1.807) is 12.3 Å². The first kappa shape index (κ1) is 13.1. The van der Waals surface area contributed by atoms with Crippen molar-refractivity contribution in [2.45, 2.75) is 6.92 Å². The van der Waals surface area contributed by atoms with Crippen LogP contribution in [0.1, 0.15) is 17.3 Å². The van der Waals surface area contributed by atoms with Crippen LogP contribution in [0.15, 0.2) is 43.1 Å². The Bertz CT molecular complexity index is 628. The third-order valence-corrected chi connectivity index (χ3v) is 3.05. The van der Waals surface area contributed by atoms with Crippen molar-refractivity contribution in [2.75, 3.05) is 13.1 Å². The standard InChI is InChI=1S/C15H16N2O2/c1-3-9-17(4-2)15(19)14(18)12-10-16-13-8-6-5-7-11(12)13/h3,5-8,10,16H,1,4,9H2,2H3. The van der Waals surface area contributed by atoms with Gasteiger partial charge in [0.1, 0.15) is 0 Å². The van der Waals surface area contributed by atoms with E-state index in [1.807, 2.05) is 31.2 Å². The van der Waals surface area contributed by atoms with Crippen molar-refractivity contribution >= 4 is 22.6 Å². The minimum atomic E-state index is -0.493. The molecule has 2 rings (SSSR count). The fraction of sp³-hybridized carbons (Fsp3) is 0.200. The van der Waals surface area contributed by atoms with Crippen molar-refractivity contribution < 1.29 is 9.59 Å². The maximum Gasteiger partial charge on any atom is 0.295 e. The first-order chi connectivity index (χ1) is 9.19. The fourth-order valence-electron chi connectivity index (χ4n) is 2.03. The van der Waals surface area contributed by atoms with Gasteiger partial charge in [-0.3, -0.25) is 9.59 Å². The molecule has 4 nitrogen and oxygen atoms in total. The van der Waals surface area contributed by atoms with E-state index >= 15 is 0 Å². The molecule has 0 spiro atoms. The number of carbonyl (C=O) groups excluding carboxylic acids is 2. The number of carbonyl (C=O) groups is 2. The van der Waals surface area contributed by atoms with Crippen LogP contribution in [-0.4, -0.2) is 34.7 Å². The summed E-state index contributed by atoms with van der Waals surface area (Å²) in [5.41, 5.74) is 1.27. The number of hydrogen-bond acceptors (Lipinski definition) is 2. The summed E-state index contributed by atoms with van der Waals surface area (Å²) in [5.74, 6) is -0.978. The number of aromatic nitrogens is 1. The molecule has 1 aromatic carbocycles. The van der Waals surface area contributed by atoms with Crippen molar-refractivity contribution in [3.63, 3.8) is 0 Å². The average Bonchev–Trinajstić information content (AvgIpc) is 2.87. The molecule has 1 amide bonds. The molecule has 1 aromatic heterocycles. The van der Waals surface area contributed by atoms with Gasteiger partial charge in [0.05, 0.1) is 5.56 Å². The van der Waals surface area contributed by atoms with Gasteiger partial charge < -0.3 is 9.88 Å². The molecule has 0 bridgehead atoms. The number of rotatable bonds is 5. The van der Waals surface area contributed by atoms with E-state index in [0.717, 1.165) is 10.9 Å². The van der Waals surface area contributed by atoms with Crippen LogP contribution in [0.4, 0.5) is 0 Å². The molecule has 0 aliphatic rings. The number of benzene rings is 1. The van der Waals surface area contributed by atoms with Gasteiger partial charge in [-0.2, -0.15) is 0 Å². The van der Waals surface area contributed by atoms with E-state index in [4.69, 9.17) is 0 Å². The normalized spacial score (nSPS) is 10.4. The lowest BCUT2D eigenvalue weighted by atomic mass is 10.1. The van der Waals surface area contributed by atoms with Crippen molar-refractivity contribution in [1.29, 1.82) is 0 Å². The molecule has 2 aromatic rings. The molecule has 0 saturated heterocycles. The molecule has 0 aliphatic carbocycles. The second-order valence-corrected chi connectivity index (χ2v) is 4.21. The monoisotopic (exact) mass is 256 g/mol. The highest BCUT2D eigenvalue weighted by Crippen LogP contribution is 2.18. The summed E-state index contributed by atoms with van der Waals surface area (Å²) in [5, 5.41) is 0.774. The highest BCUT2D eigenvalue weighted by molar-refractivity contribution is 6.44. The van der Waals surface area contributed by atoms with Gasteiger partial charge in [0.25, 0.3) is 11.7 Å². The van der Waals surface area contributed by atoms with E-state index in [9.17, 15) is 9.59 Å². The van der Waals surface area contributed by atoms with Gasteiger partial charge >= 0.3 is 0 Å². The second kappa shape index (κ2) is 5.52. The van der Waals surface area contributed by atoms with Gasteiger partial charge in [0, 0.05) is 30.2 Å². The smallest absolute Gasteiger partial charge is 0.295 e. The van der Waals surface area contributed by atoms with Crippen molar-refractivity contribution in [3.8, 4) is 0 Å². The van der Waals surface area contributed by atoms with Crippen LogP contribution >= 0.6 is 0 Å². The minimum Gasteiger partial charge on any atom is -0.360 e. The lowest BCUT2D eigenvalue weighted by Gasteiger charge is -2.17. The molecule has 0 radical (unpaired) electrons. The maximum atomic E-state index is 12.2. The number of likely N-dealkylation sites (N-methyl/N-ethyl adjacent to an activating group) is 1. The largest absolute Gasteiger partial charge is 0.360 e. The first-order valence-corrected chi connectivity index (χ1v) is 6.19. The van der Waals surface area contributed by atoms with Crippen LogP contribution in [-0.2, 0) is 4.79 Å². The summed E-state index contributed by atoms with van der Waals surface area (Å²) in [4.78, 5) is 28.8. The van der Waals surface area contributed by atoms with E-state index in [2.05, 4.69) is 11.6 Å². The third-order valence-electron chi connectivity index (χ3n) is 3.05. The summed E-state index contributed by atoms with van der Waals surface area (Å²) in [6, 6.07) is 7.43. The molecule has 0 fully saturated rings. The number of ketones is 1. The van der Waals surface area contributed by atoms with Crippen LogP contribution < -0.4 is 0 Å². The first-order valence-electron chi connectivity index (χ1n) is 6.19. The van der Waals surface area contributed by atoms with Crippen LogP contribution in [0.2, 0.25) is 0 Å². The predicted molar refractivity (Wildman–Crippen MR) is 75.1 cm³/mol. The van der Waals surface area contributed by atoms with E-state index < -0.39 is 11.7 Å². The molecule has 0 aliphatic heterocycles. The topological polar surface area (TPSA) is 53.2 Å². The Morgan fingerprint density at radius 1 is 1.37 bits per heavy atom. The number of para-hydroxylation sites is 1. The fourth-order valence-corrected chi connectivity index (χ4v) is 2.03. The van der Waals surface area contributed by atoms with E-state index in [-0.39, 0.29) is 0 Å². The van der Waals surface area contributed by atoms with Crippen molar-refractivity contribution in [1.82, 2.24) is 9.88 Å². The van der Waals surface area contributed by atoms with Crippen molar-refractivity contribution in [2.24, 2.45) is 0 Å². The lowest BCUT2D eigenvalue weighted by molar-refractivity contribution is -0.125. The van der Waals surface area contributed by atoms with Gasteiger partial charge in [-0.1, -0.05) is 24.3 Å². The highest BCUT2D eigenvalue weighted by atomic mass is 16.2. The van der Waals surface area contributed by atoms with Crippen LogP contribution in [0, 0.1) is 0 Å². The van der Waals surface area contributed by atoms with Crippen LogP contribution in [0.3, 0.4) is 0 Å². The number of amides is 1. The van der Waals surface area contributed by atoms with E-state index in [1.165, 1.54) is 4.90 Å². The number of H-pyrrole nitrogens is 1. The van der Waals surface area contributed by atoms with Crippen molar-refractivity contribution in [3.05, 3.63) is 48.7 Å². The zero-order chi connectivity index (χ0) is 13.8. The Morgan fingerprint density at radius 2 is 2.11 bits per heavy atom. The van der Waals surface area contributed by atoms with Gasteiger partial charge in [0.15, 0.2) is 0 Å². The predicted octanol–water partition coefficient (Wildman–Crippen LogP) is 2.39. The number of hydrogen-bond donors (Lipinski definition) is 1. The highest BCUT2D eigenvalue weighted by Gasteiger charge is 2.23. The van der Waals surface area contributed by atoms with Gasteiger partial charge in [-0.25, -0.2) is 0 Å². The van der Waals surface area contributed by atoms with Crippen LogP contribution in [0.5, 0.6) is 0 Å². The third kappa shape index (κ3) is 2.42. The molecular formula is C15H16N2O2. The molecule has 0 unspecified atom stereocenters. The molecule has 1 heterocycles. The zero-order valence-electron chi connectivity index (χ0n) is 10.8. The number of fused-ring (bicyclic) bond motifs is 1. The van der Waals surface area contributed by atoms with Gasteiger partial charge in [0.2, 0.25) is 0 Å². The second-order valence-electron chi connectivity index (χ2n) is 4.21. The summed E-state index contributed by atoms with van der Waals surface area (Å²) in [6.07, 6.45) is 3.20. The van der Waals surface area contributed by atoms with E-state index in [0.29, 0.717) is 18.7 Å². The number of aromatic amines is 1. The molecule has 19 heavy (non-hydrogen) atoms. The average molecular weight is 256 g/mol. The SMILES string of the molecule is C=CCN(CC)C(=O)C(=O)c1c[nH]c2ccccc12. The quantitative estimate of drug-likeness (QED) is 0.507. The summed E-state index contributed by atoms with van der Waals surface area (Å²) in [7, 11) is 0. The zero-order valence-corrected chi connectivity index (χ0v) is 10.8. The van der Waals surface area contributed by atoms with Crippen LogP contribution in [0.25, 0.3) is 10.9 Å². The van der Waals surface area contributed by atoms with Gasteiger partial charge in [-0.05, 0) is 13.0 Å². The lowest BCUT2D eigenvalue weighted by Crippen LogP contribution is -2.36. The molecule has 1 N–H and O–H groups in total. The molecule has 98 valence electrons. The number of nitrogens with one attached hydrogen (secondary N) is 1. The Hall–Kier alpha value is -2.36.